The van der Waals surface area contributed by atoms with E-state index in [0.717, 1.165) is 24.0 Å². The van der Waals surface area contributed by atoms with E-state index in [0.29, 0.717) is 29.3 Å². The largest absolute Gasteiger partial charge is 0.368 e. The third-order valence-corrected chi connectivity index (χ3v) is 7.07. The van der Waals surface area contributed by atoms with Crippen molar-refractivity contribution in [2.45, 2.75) is 20.4 Å². The Morgan fingerprint density at radius 3 is 2.43 bits per heavy atom. The number of anilines is 1. The van der Waals surface area contributed by atoms with Crippen molar-refractivity contribution in [3.63, 3.8) is 0 Å². The van der Waals surface area contributed by atoms with E-state index in [9.17, 15) is 9.59 Å². The van der Waals surface area contributed by atoms with Crippen molar-refractivity contribution in [1.82, 2.24) is 14.5 Å². The Hall–Kier alpha value is -3.64. The molecule has 0 aliphatic carbocycles. The van der Waals surface area contributed by atoms with E-state index in [1.165, 1.54) is 21.4 Å². The van der Waals surface area contributed by atoms with Gasteiger partial charge in [0, 0.05) is 47.8 Å². The first kappa shape index (κ1) is 23.1. The van der Waals surface area contributed by atoms with E-state index < -0.39 is 5.69 Å². The summed E-state index contributed by atoms with van der Waals surface area (Å²) in [7, 11) is 0. The van der Waals surface area contributed by atoms with Gasteiger partial charge in [-0.2, -0.15) is 4.98 Å². The number of rotatable bonds is 4. The zero-order valence-corrected chi connectivity index (χ0v) is 20.6. The average Bonchev–Trinajstić information content (AvgIpc) is 2.87. The van der Waals surface area contributed by atoms with Crippen molar-refractivity contribution in [1.29, 1.82) is 0 Å². The monoisotopic (exact) mass is 486 g/mol. The zero-order valence-electron chi connectivity index (χ0n) is 19.9. The van der Waals surface area contributed by atoms with Gasteiger partial charge in [0.2, 0.25) is 5.91 Å². The second-order valence-corrected chi connectivity index (χ2v) is 9.38. The first-order chi connectivity index (χ1) is 16.9. The van der Waals surface area contributed by atoms with Crippen molar-refractivity contribution in [3.8, 4) is 11.3 Å². The van der Waals surface area contributed by atoms with E-state index in [2.05, 4.69) is 41.9 Å². The predicted octanol–water partition coefficient (Wildman–Crippen LogP) is 4.68. The lowest BCUT2D eigenvalue weighted by atomic mass is 10.1. The van der Waals surface area contributed by atoms with E-state index in [1.807, 2.05) is 35.2 Å². The van der Waals surface area contributed by atoms with Crippen LogP contribution in [0.3, 0.4) is 0 Å². The number of carbonyl (C=O) groups excluding carboxylic acids is 1. The minimum Gasteiger partial charge on any atom is -0.368 e. The lowest BCUT2D eigenvalue weighted by Crippen LogP contribution is -2.50. The number of nitrogens with zero attached hydrogens (tertiary/aromatic N) is 4. The highest BCUT2D eigenvalue weighted by Gasteiger charge is 2.24. The minimum atomic E-state index is -0.443. The fourth-order valence-electron chi connectivity index (χ4n) is 4.73. The quantitative estimate of drug-likeness (QED) is 0.420. The van der Waals surface area contributed by atoms with Gasteiger partial charge in [-0.15, -0.1) is 0 Å². The number of piperazine rings is 1. The third-order valence-electron chi connectivity index (χ3n) is 6.83. The van der Waals surface area contributed by atoms with Crippen LogP contribution < -0.4 is 10.6 Å². The molecule has 1 aliphatic rings. The van der Waals surface area contributed by atoms with Gasteiger partial charge < -0.3 is 9.80 Å². The van der Waals surface area contributed by atoms with Gasteiger partial charge in [0.15, 0.2) is 0 Å². The Labute approximate surface area is 209 Å². The Bertz CT molecular complexity index is 1460. The van der Waals surface area contributed by atoms with Gasteiger partial charge in [-0.05, 0) is 49.2 Å². The number of amides is 1. The van der Waals surface area contributed by atoms with Gasteiger partial charge in [-0.25, -0.2) is 4.79 Å². The fourth-order valence-corrected chi connectivity index (χ4v) is 4.90. The zero-order chi connectivity index (χ0) is 24.5. The molecule has 4 aromatic rings. The summed E-state index contributed by atoms with van der Waals surface area (Å²) in [5, 5.41) is 1.30. The van der Waals surface area contributed by atoms with Gasteiger partial charge in [-0.1, -0.05) is 54.1 Å². The molecular weight excluding hydrogens is 460 g/mol. The maximum Gasteiger partial charge on any atom is 0.349 e. The molecule has 178 valence electrons. The van der Waals surface area contributed by atoms with Crippen LogP contribution in [0, 0.1) is 13.8 Å². The van der Waals surface area contributed by atoms with Gasteiger partial charge in [0.1, 0.15) is 6.54 Å². The molecule has 35 heavy (non-hydrogen) atoms. The van der Waals surface area contributed by atoms with Crippen molar-refractivity contribution >= 4 is 34.1 Å². The molecule has 0 radical (unpaired) electrons. The van der Waals surface area contributed by atoms with Gasteiger partial charge in [0.05, 0.1) is 11.2 Å². The lowest BCUT2D eigenvalue weighted by molar-refractivity contribution is -0.132. The highest BCUT2D eigenvalue weighted by Crippen LogP contribution is 2.28. The standard InChI is InChI=1S/C28H27ClN4O2/c1-19-7-6-10-24(20(19)2)31-13-15-32(16-14-31)26(34)18-33-25-12-11-22(29)17-23(25)27(30-28(33)35)21-8-4-3-5-9-21/h3-12,17H,13-16,18H2,1-2H3. The average molecular weight is 487 g/mol. The van der Waals surface area contributed by atoms with E-state index in [-0.39, 0.29) is 12.5 Å². The molecule has 1 amide bonds. The first-order valence-electron chi connectivity index (χ1n) is 11.8. The predicted molar refractivity (Wildman–Crippen MR) is 141 cm³/mol. The van der Waals surface area contributed by atoms with Crippen molar-refractivity contribution in [2.75, 3.05) is 31.1 Å². The maximum absolute atomic E-state index is 13.2. The smallest absolute Gasteiger partial charge is 0.349 e. The SMILES string of the molecule is Cc1cccc(N2CCN(C(=O)Cn3c(=O)nc(-c4ccccc4)c4cc(Cl)ccc43)CC2)c1C. The van der Waals surface area contributed by atoms with Crippen LogP contribution >= 0.6 is 11.6 Å². The van der Waals surface area contributed by atoms with Crippen LogP contribution in [-0.2, 0) is 11.3 Å². The molecule has 0 atom stereocenters. The fraction of sp³-hybridized carbons (Fsp3) is 0.250. The summed E-state index contributed by atoms with van der Waals surface area (Å²) in [4.78, 5) is 34.8. The molecule has 1 aromatic heterocycles. The van der Waals surface area contributed by atoms with Crippen molar-refractivity contribution < 1.29 is 4.79 Å². The van der Waals surface area contributed by atoms with Crippen LogP contribution in [0.2, 0.25) is 5.02 Å². The number of hydrogen-bond acceptors (Lipinski definition) is 4. The van der Waals surface area contributed by atoms with Crippen LogP contribution in [-0.4, -0.2) is 46.5 Å². The van der Waals surface area contributed by atoms with Crippen molar-refractivity contribution in [3.05, 3.63) is 93.4 Å². The van der Waals surface area contributed by atoms with Crippen LogP contribution in [0.25, 0.3) is 22.2 Å². The maximum atomic E-state index is 13.2. The van der Waals surface area contributed by atoms with Crippen LogP contribution in [0.15, 0.2) is 71.5 Å². The van der Waals surface area contributed by atoms with Crippen LogP contribution in [0.5, 0.6) is 0 Å². The molecule has 1 aliphatic heterocycles. The Morgan fingerprint density at radius 1 is 0.943 bits per heavy atom. The minimum absolute atomic E-state index is 0.0531. The first-order valence-corrected chi connectivity index (χ1v) is 12.1. The molecule has 0 unspecified atom stereocenters. The molecule has 0 saturated carbocycles. The summed E-state index contributed by atoms with van der Waals surface area (Å²) in [6.45, 7) is 6.94. The lowest BCUT2D eigenvalue weighted by Gasteiger charge is -2.37. The molecular formula is C28H27ClN4O2. The highest BCUT2D eigenvalue weighted by molar-refractivity contribution is 6.31. The Balaban J connectivity index is 1.39. The summed E-state index contributed by atoms with van der Waals surface area (Å²) >= 11 is 6.29. The normalized spacial score (nSPS) is 13.9. The number of benzene rings is 3. The number of aryl methyl sites for hydroxylation is 1. The Kier molecular flexibility index (Phi) is 6.31. The molecule has 2 heterocycles. The number of halogens is 1. The second kappa shape index (κ2) is 9.55. The number of carbonyl (C=O) groups is 1. The molecule has 6 nitrogen and oxygen atoms in total. The highest BCUT2D eigenvalue weighted by atomic mass is 35.5. The van der Waals surface area contributed by atoms with Crippen LogP contribution in [0.4, 0.5) is 5.69 Å². The van der Waals surface area contributed by atoms with Crippen molar-refractivity contribution in [2.24, 2.45) is 0 Å². The molecule has 5 rings (SSSR count). The molecule has 1 fully saturated rings. The Morgan fingerprint density at radius 2 is 1.69 bits per heavy atom. The molecule has 0 spiro atoms. The third kappa shape index (κ3) is 4.54. The number of hydrogen-bond donors (Lipinski definition) is 0. The van der Waals surface area contributed by atoms with E-state index in [4.69, 9.17) is 11.6 Å². The number of aromatic nitrogens is 2. The number of fused-ring (bicyclic) bond motifs is 1. The van der Waals surface area contributed by atoms with Gasteiger partial charge >= 0.3 is 5.69 Å². The molecule has 1 saturated heterocycles. The summed E-state index contributed by atoms with van der Waals surface area (Å²) in [6.07, 6.45) is 0. The molecule has 0 N–H and O–H groups in total. The van der Waals surface area contributed by atoms with E-state index in [1.54, 1.807) is 18.2 Å². The van der Waals surface area contributed by atoms with Crippen LogP contribution in [0.1, 0.15) is 11.1 Å². The molecule has 0 bridgehead atoms. The summed E-state index contributed by atoms with van der Waals surface area (Å²) in [6, 6.07) is 21.2. The van der Waals surface area contributed by atoms with E-state index >= 15 is 0 Å². The molecule has 7 heteroatoms. The summed E-state index contributed by atoms with van der Waals surface area (Å²) in [5.74, 6) is -0.0850. The second-order valence-electron chi connectivity index (χ2n) is 8.94. The van der Waals surface area contributed by atoms with Gasteiger partial charge in [-0.3, -0.25) is 9.36 Å². The molecule has 3 aromatic carbocycles. The van der Waals surface area contributed by atoms with Gasteiger partial charge in [0.25, 0.3) is 0 Å². The summed E-state index contributed by atoms with van der Waals surface area (Å²) in [5.41, 5.74) is 5.36. The topological polar surface area (TPSA) is 58.4 Å². The summed E-state index contributed by atoms with van der Waals surface area (Å²) < 4.78 is 1.46.